The number of hydrogen-bond acceptors (Lipinski definition) is 4. The lowest BCUT2D eigenvalue weighted by Crippen LogP contribution is -2.64. The van der Waals surface area contributed by atoms with E-state index in [0.29, 0.717) is 30.9 Å². The Kier molecular flexibility index (Phi) is 5.32. The fraction of sp³-hybridized carbons (Fsp3) is 0.529. The lowest BCUT2D eigenvalue weighted by Gasteiger charge is -2.42. The molecule has 0 saturated carbocycles. The lowest BCUT2D eigenvalue weighted by atomic mass is 10.1. The van der Waals surface area contributed by atoms with Gasteiger partial charge in [-0.25, -0.2) is 4.79 Å². The molecule has 2 aliphatic rings. The molecule has 1 aromatic carbocycles. The number of rotatable bonds is 5. The summed E-state index contributed by atoms with van der Waals surface area (Å²) in [5, 5.41) is 8.89. The maximum atomic E-state index is 12.3. The zero-order chi connectivity index (χ0) is 16.9. The average molecular weight is 332 g/mol. The van der Waals surface area contributed by atoms with E-state index in [2.05, 4.69) is 16.0 Å². The van der Waals surface area contributed by atoms with Crippen LogP contribution in [-0.2, 0) is 9.53 Å². The van der Waals surface area contributed by atoms with Crippen LogP contribution >= 0.6 is 0 Å². The van der Waals surface area contributed by atoms with Gasteiger partial charge in [0.2, 0.25) is 5.91 Å². The van der Waals surface area contributed by atoms with Crippen molar-refractivity contribution < 1.29 is 14.3 Å². The van der Waals surface area contributed by atoms with Gasteiger partial charge in [-0.15, -0.1) is 0 Å². The van der Waals surface area contributed by atoms with Crippen LogP contribution in [0.15, 0.2) is 30.3 Å². The number of para-hydroxylation sites is 1. The zero-order valence-corrected chi connectivity index (χ0v) is 13.8. The highest BCUT2D eigenvalue weighted by Gasteiger charge is 2.34. The number of carbonyl (C=O) groups is 2. The SMILES string of the molecule is CC(NC(=O)Nc1ccccc1)C(=O)N1CC(NC2CCOC2)C1. The first-order valence-corrected chi connectivity index (χ1v) is 8.37. The van der Waals surface area contributed by atoms with E-state index in [0.717, 1.165) is 19.6 Å². The van der Waals surface area contributed by atoms with Gasteiger partial charge in [0.05, 0.1) is 6.61 Å². The maximum Gasteiger partial charge on any atom is 0.319 e. The summed E-state index contributed by atoms with van der Waals surface area (Å²) in [6.07, 6.45) is 1.03. The van der Waals surface area contributed by atoms with Crippen LogP contribution in [0.5, 0.6) is 0 Å². The van der Waals surface area contributed by atoms with Gasteiger partial charge in [-0.1, -0.05) is 18.2 Å². The molecule has 2 aliphatic heterocycles. The van der Waals surface area contributed by atoms with E-state index in [1.54, 1.807) is 24.0 Å². The van der Waals surface area contributed by atoms with E-state index in [9.17, 15) is 9.59 Å². The Balaban J connectivity index is 1.38. The number of benzene rings is 1. The largest absolute Gasteiger partial charge is 0.380 e. The quantitative estimate of drug-likeness (QED) is 0.744. The molecule has 3 amide bonds. The molecular weight excluding hydrogens is 308 g/mol. The number of ether oxygens (including phenoxy) is 1. The maximum absolute atomic E-state index is 12.3. The molecule has 2 heterocycles. The van der Waals surface area contributed by atoms with Crippen molar-refractivity contribution in [3.8, 4) is 0 Å². The van der Waals surface area contributed by atoms with Gasteiger partial charge in [0.25, 0.3) is 0 Å². The molecule has 7 nitrogen and oxygen atoms in total. The molecule has 0 spiro atoms. The Hall–Kier alpha value is -2.12. The highest BCUT2D eigenvalue weighted by Crippen LogP contribution is 2.13. The molecule has 2 unspecified atom stereocenters. The van der Waals surface area contributed by atoms with E-state index in [4.69, 9.17) is 4.74 Å². The summed E-state index contributed by atoms with van der Waals surface area (Å²) in [5.41, 5.74) is 0.696. The number of nitrogens with zero attached hydrogens (tertiary/aromatic N) is 1. The molecule has 2 saturated heterocycles. The molecule has 0 aromatic heterocycles. The molecule has 3 rings (SSSR count). The van der Waals surface area contributed by atoms with Crippen LogP contribution in [0.4, 0.5) is 10.5 Å². The topological polar surface area (TPSA) is 82.7 Å². The van der Waals surface area contributed by atoms with Gasteiger partial charge in [0.15, 0.2) is 0 Å². The summed E-state index contributed by atoms with van der Waals surface area (Å²) in [6.45, 7) is 4.63. The minimum absolute atomic E-state index is 0.0565. The second-order valence-electron chi connectivity index (χ2n) is 6.35. The Morgan fingerprint density at radius 1 is 1.21 bits per heavy atom. The fourth-order valence-corrected chi connectivity index (χ4v) is 2.98. The Bertz CT molecular complexity index is 568. The van der Waals surface area contributed by atoms with E-state index in [-0.39, 0.29) is 11.9 Å². The third-order valence-corrected chi connectivity index (χ3v) is 4.34. The number of carbonyl (C=O) groups excluding carboxylic acids is 2. The van der Waals surface area contributed by atoms with Crippen molar-refractivity contribution in [2.75, 3.05) is 31.6 Å². The Morgan fingerprint density at radius 2 is 1.96 bits per heavy atom. The molecular formula is C17H24N4O3. The van der Waals surface area contributed by atoms with Gasteiger partial charge in [-0.2, -0.15) is 0 Å². The monoisotopic (exact) mass is 332 g/mol. The number of urea groups is 1. The summed E-state index contributed by atoms with van der Waals surface area (Å²) >= 11 is 0. The van der Waals surface area contributed by atoms with Gasteiger partial charge in [-0.3, -0.25) is 4.79 Å². The first-order valence-electron chi connectivity index (χ1n) is 8.37. The van der Waals surface area contributed by atoms with Gasteiger partial charge in [-0.05, 0) is 25.5 Å². The van der Waals surface area contributed by atoms with Crippen LogP contribution in [-0.4, -0.2) is 61.3 Å². The van der Waals surface area contributed by atoms with Crippen molar-refractivity contribution in [2.45, 2.75) is 31.5 Å². The second-order valence-corrected chi connectivity index (χ2v) is 6.35. The van der Waals surface area contributed by atoms with E-state index in [1.165, 1.54) is 0 Å². The number of likely N-dealkylation sites (tertiary alicyclic amines) is 1. The molecule has 2 atom stereocenters. The first-order chi connectivity index (χ1) is 11.6. The normalized spacial score (nSPS) is 21.9. The van der Waals surface area contributed by atoms with Crippen molar-refractivity contribution in [3.05, 3.63) is 30.3 Å². The van der Waals surface area contributed by atoms with E-state index in [1.807, 2.05) is 18.2 Å². The molecule has 2 fully saturated rings. The van der Waals surface area contributed by atoms with Crippen LogP contribution in [0, 0.1) is 0 Å². The summed E-state index contributed by atoms with van der Waals surface area (Å²) in [6, 6.07) is 8.95. The van der Waals surface area contributed by atoms with Crippen molar-refractivity contribution in [1.82, 2.24) is 15.5 Å². The summed E-state index contributed by atoms with van der Waals surface area (Å²) in [5.74, 6) is -0.0565. The molecule has 0 aliphatic carbocycles. The van der Waals surface area contributed by atoms with Crippen molar-refractivity contribution >= 4 is 17.6 Å². The van der Waals surface area contributed by atoms with E-state index < -0.39 is 6.04 Å². The van der Waals surface area contributed by atoms with Gasteiger partial charge < -0.3 is 25.6 Å². The van der Waals surface area contributed by atoms with Crippen molar-refractivity contribution in [1.29, 1.82) is 0 Å². The zero-order valence-electron chi connectivity index (χ0n) is 13.8. The summed E-state index contributed by atoms with van der Waals surface area (Å²) < 4.78 is 5.33. The van der Waals surface area contributed by atoms with Gasteiger partial charge >= 0.3 is 6.03 Å². The molecule has 7 heteroatoms. The van der Waals surface area contributed by atoms with Crippen LogP contribution in [0.2, 0.25) is 0 Å². The predicted molar refractivity (Wildman–Crippen MR) is 90.8 cm³/mol. The number of hydrogen-bond donors (Lipinski definition) is 3. The minimum atomic E-state index is -0.551. The Labute approximate surface area is 141 Å². The molecule has 0 bridgehead atoms. The third-order valence-electron chi connectivity index (χ3n) is 4.34. The van der Waals surface area contributed by atoms with Crippen LogP contribution in [0.3, 0.4) is 0 Å². The standard InChI is InChI=1S/C17H24N4O3/c1-12(18-17(23)20-13-5-3-2-4-6-13)16(22)21-9-15(10-21)19-14-7-8-24-11-14/h2-6,12,14-15,19H,7-11H2,1H3,(H2,18,20,23). The number of nitrogens with one attached hydrogen (secondary N) is 3. The van der Waals surface area contributed by atoms with Crippen LogP contribution in [0.1, 0.15) is 13.3 Å². The van der Waals surface area contributed by atoms with Gasteiger partial charge in [0, 0.05) is 37.5 Å². The van der Waals surface area contributed by atoms with Gasteiger partial charge in [0.1, 0.15) is 6.04 Å². The fourth-order valence-electron chi connectivity index (χ4n) is 2.98. The number of amides is 3. The van der Waals surface area contributed by atoms with Crippen molar-refractivity contribution in [2.24, 2.45) is 0 Å². The summed E-state index contributed by atoms with van der Waals surface area (Å²) in [7, 11) is 0. The smallest absolute Gasteiger partial charge is 0.319 e. The van der Waals surface area contributed by atoms with E-state index >= 15 is 0 Å². The first kappa shape index (κ1) is 16.7. The molecule has 3 N–H and O–H groups in total. The predicted octanol–water partition coefficient (Wildman–Crippen LogP) is 0.786. The molecule has 0 radical (unpaired) electrons. The lowest BCUT2D eigenvalue weighted by molar-refractivity contribution is -0.137. The molecule has 1 aromatic rings. The summed E-state index contributed by atoms with van der Waals surface area (Å²) in [4.78, 5) is 26.0. The number of anilines is 1. The highest BCUT2D eigenvalue weighted by atomic mass is 16.5. The Morgan fingerprint density at radius 3 is 2.62 bits per heavy atom. The highest BCUT2D eigenvalue weighted by molar-refractivity contribution is 5.93. The minimum Gasteiger partial charge on any atom is -0.380 e. The average Bonchev–Trinajstić information content (AvgIpc) is 3.03. The van der Waals surface area contributed by atoms with Crippen molar-refractivity contribution in [3.63, 3.8) is 0 Å². The molecule has 24 heavy (non-hydrogen) atoms. The second kappa shape index (κ2) is 7.63. The molecule has 130 valence electrons. The van der Waals surface area contributed by atoms with Crippen LogP contribution in [0.25, 0.3) is 0 Å². The van der Waals surface area contributed by atoms with Crippen LogP contribution < -0.4 is 16.0 Å². The third kappa shape index (κ3) is 4.24.